The zero-order chi connectivity index (χ0) is 39.9. The Bertz CT molecular complexity index is 2200. The Kier molecular flexibility index (Phi) is 12.9. The Morgan fingerprint density at radius 3 is 2.33 bits per heavy atom. The van der Waals surface area contributed by atoms with E-state index in [9.17, 15) is 9.59 Å². The minimum atomic E-state index is -0.256. The first kappa shape index (κ1) is 40.0. The Morgan fingerprint density at radius 2 is 1.63 bits per heavy atom. The number of aryl methyl sites for hydroxylation is 3. The van der Waals surface area contributed by atoms with Gasteiger partial charge in [0.2, 0.25) is 0 Å². The molecular weight excluding hydrogens is 715 g/mol. The van der Waals surface area contributed by atoms with Gasteiger partial charge >= 0.3 is 0 Å². The molecule has 4 heterocycles. The molecule has 0 saturated carbocycles. The highest BCUT2D eigenvalue weighted by atomic mass is 16.5. The van der Waals surface area contributed by atoms with Gasteiger partial charge in [0.05, 0.1) is 24.4 Å². The third-order valence-corrected chi connectivity index (χ3v) is 11.5. The van der Waals surface area contributed by atoms with Crippen LogP contribution in [0.15, 0.2) is 66.9 Å². The average molecular weight is 772 g/mol. The van der Waals surface area contributed by atoms with Crippen molar-refractivity contribution < 1.29 is 19.1 Å². The van der Waals surface area contributed by atoms with Crippen LogP contribution in [0.3, 0.4) is 0 Å². The van der Waals surface area contributed by atoms with E-state index in [4.69, 9.17) is 14.5 Å². The number of anilines is 1. The number of nitrogens with one attached hydrogen (secondary N) is 3. The van der Waals surface area contributed by atoms with Gasteiger partial charge in [0, 0.05) is 66.8 Å². The quantitative estimate of drug-likeness (QED) is 0.107. The molecule has 0 unspecified atom stereocenters. The fourth-order valence-electron chi connectivity index (χ4n) is 8.26. The highest BCUT2D eigenvalue weighted by Crippen LogP contribution is 2.34. The van der Waals surface area contributed by atoms with Gasteiger partial charge in [0.1, 0.15) is 5.75 Å². The lowest BCUT2D eigenvalue weighted by molar-refractivity contribution is 0.0904. The van der Waals surface area contributed by atoms with Crippen molar-refractivity contribution in [2.75, 3.05) is 45.8 Å². The predicted octanol–water partition coefficient (Wildman–Crippen LogP) is 7.33. The molecule has 3 aromatic carbocycles. The van der Waals surface area contributed by atoms with Crippen LogP contribution in [0.4, 0.5) is 5.69 Å². The van der Waals surface area contributed by atoms with E-state index in [-0.39, 0.29) is 24.4 Å². The number of aromatic nitrogens is 3. The summed E-state index contributed by atoms with van der Waals surface area (Å²) in [5, 5.41) is 15.6. The number of likely N-dealkylation sites (tertiary alicyclic amines) is 1. The van der Waals surface area contributed by atoms with Crippen LogP contribution in [-0.2, 0) is 37.2 Å². The normalized spacial score (nSPS) is 15.5. The molecule has 2 saturated heterocycles. The van der Waals surface area contributed by atoms with Crippen LogP contribution in [0.25, 0.3) is 22.2 Å². The number of methoxy groups -OCH3 is 1. The minimum absolute atomic E-state index is 0.246. The van der Waals surface area contributed by atoms with Gasteiger partial charge in [-0.05, 0) is 131 Å². The van der Waals surface area contributed by atoms with Crippen molar-refractivity contribution in [3.05, 3.63) is 106 Å². The van der Waals surface area contributed by atoms with Crippen LogP contribution < -0.4 is 20.7 Å². The smallest absolute Gasteiger partial charge is 0.251 e. The summed E-state index contributed by atoms with van der Waals surface area (Å²) >= 11 is 0. The van der Waals surface area contributed by atoms with Crippen molar-refractivity contribution in [1.29, 1.82) is 0 Å². The molecule has 11 heteroatoms. The van der Waals surface area contributed by atoms with Gasteiger partial charge in [-0.3, -0.25) is 9.59 Å². The van der Waals surface area contributed by atoms with E-state index in [2.05, 4.69) is 77.2 Å². The summed E-state index contributed by atoms with van der Waals surface area (Å²) in [5.74, 6) is 0.988. The van der Waals surface area contributed by atoms with Gasteiger partial charge in [0.15, 0.2) is 5.65 Å². The van der Waals surface area contributed by atoms with Crippen LogP contribution in [-0.4, -0.2) is 78.0 Å². The molecule has 2 aliphatic heterocycles. The number of benzene rings is 3. The Hall–Kier alpha value is -5.26. The molecule has 2 fully saturated rings. The van der Waals surface area contributed by atoms with Gasteiger partial charge in [-0.1, -0.05) is 37.3 Å². The van der Waals surface area contributed by atoms with E-state index >= 15 is 0 Å². The largest absolute Gasteiger partial charge is 0.496 e. The van der Waals surface area contributed by atoms with Crippen LogP contribution in [0.5, 0.6) is 5.75 Å². The molecule has 0 radical (unpaired) electrons. The van der Waals surface area contributed by atoms with Crippen LogP contribution >= 0.6 is 0 Å². The lowest BCUT2D eigenvalue weighted by atomic mass is 9.89. The predicted molar refractivity (Wildman–Crippen MR) is 226 cm³/mol. The topological polar surface area (TPSA) is 123 Å². The van der Waals surface area contributed by atoms with Crippen LogP contribution in [0.1, 0.15) is 88.2 Å². The SMILES string of the molecule is CCc1nc2c(cnn2CC)c(NC2CCOCC2)c1CNC(=O)c1cc(C)cc(C(=O)NCc2ccc(OC)c(-c3cccc(CC4CCN(C)CC4)c3)c2)c1. The minimum Gasteiger partial charge on any atom is -0.496 e. The van der Waals surface area contributed by atoms with Crippen molar-refractivity contribution in [2.45, 2.75) is 85.0 Å². The zero-order valence-electron chi connectivity index (χ0n) is 34.1. The van der Waals surface area contributed by atoms with E-state index in [0.29, 0.717) is 49.8 Å². The summed E-state index contributed by atoms with van der Waals surface area (Å²) in [6, 6.07) is 20.3. The molecule has 0 atom stereocenters. The molecule has 2 aromatic heterocycles. The summed E-state index contributed by atoms with van der Waals surface area (Å²) in [6.07, 6.45) is 7.90. The second-order valence-corrected chi connectivity index (χ2v) is 15.6. The number of piperidine rings is 1. The highest BCUT2D eigenvalue weighted by molar-refractivity contribution is 6.00. The number of ether oxygens (including phenoxy) is 2. The molecule has 57 heavy (non-hydrogen) atoms. The van der Waals surface area contributed by atoms with Gasteiger partial charge < -0.3 is 30.3 Å². The molecule has 7 rings (SSSR count). The van der Waals surface area contributed by atoms with E-state index in [1.165, 1.54) is 18.4 Å². The Balaban J connectivity index is 1.04. The molecule has 0 spiro atoms. The maximum atomic E-state index is 13.8. The number of fused-ring (bicyclic) bond motifs is 1. The third kappa shape index (κ3) is 9.48. The molecule has 3 N–H and O–H groups in total. The number of carbonyl (C=O) groups excluding carboxylic acids is 2. The second kappa shape index (κ2) is 18.3. The van der Waals surface area contributed by atoms with Crippen LogP contribution in [0, 0.1) is 12.8 Å². The summed E-state index contributed by atoms with van der Waals surface area (Å²) in [7, 11) is 3.89. The molecule has 2 amide bonds. The Morgan fingerprint density at radius 1 is 0.895 bits per heavy atom. The molecule has 0 bridgehead atoms. The molecular formula is C46H57N7O4. The number of hydrogen-bond donors (Lipinski definition) is 3. The van der Waals surface area contributed by atoms with Crippen molar-refractivity contribution in [3.8, 4) is 16.9 Å². The lowest BCUT2D eigenvalue weighted by Gasteiger charge is -2.29. The highest BCUT2D eigenvalue weighted by Gasteiger charge is 2.23. The first-order valence-corrected chi connectivity index (χ1v) is 20.6. The Labute approximate surface area is 336 Å². The number of carbonyl (C=O) groups is 2. The maximum absolute atomic E-state index is 13.8. The fraction of sp³-hybridized carbons (Fsp3) is 0.435. The molecule has 11 nitrogen and oxygen atoms in total. The van der Waals surface area contributed by atoms with E-state index in [0.717, 1.165) is 88.3 Å². The summed E-state index contributed by atoms with van der Waals surface area (Å²) in [4.78, 5) is 34.8. The first-order valence-electron chi connectivity index (χ1n) is 20.6. The van der Waals surface area contributed by atoms with Crippen molar-refractivity contribution in [1.82, 2.24) is 30.3 Å². The van der Waals surface area contributed by atoms with E-state index < -0.39 is 0 Å². The van der Waals surface area contributed by atoms with Crippen molar-refractivity contribution in [2.24, 2.45) is 5.92 Å². The lowest BCUT2D eigenvalue weighted by Crippen LogP contribution is -2.30. The third-order valence-electron chi connectivity index (χ3n) is 11.5. The van der Waals surface area contributed by atoms with Crippen molar-refractivity contribution in [3.63, 3.8) is 0 Å². The standard InChI is InChI=1S/C46H57N7O4/c1-6-41-39(43(50-37-15-19-57-20-16-37)40-29-49-53(7-2)44(40)51-41)28-48-46(55)36-22-30(3)21-35(26-36)45(54)47-27-33-11-12-42(56-5)38(25-33)34-10-8-9-32(24-34)23-31-13-17-52(4)18-14-31/h8-12,21-22,24-26,29,31,37H,6-7,13-20,23,27-28H2,1-5H3,(H,47,54)(H,48,55)(H,50,51). The van der Waals surface area contributed by atoms with Gasteiger partial charge in [-0.2, -0.15) is 5.10 Å². The summed E-state index contributed by atoms with van der Waals surface area (Å²) < 4.78 is 13.3. The van der Waals surface area contributed by atoms with E-state index in [1.54, 1.807) is 13.2 Å². The van der Waals surface area contributed by atoms with Gasteiger partial charge in [-0.25, -0.2) is 9.67 Å². The average Bonchev–Trinajstić information content (AvgIpc) is 3.66. The first-order chi connectivity index (χ1) is 27.7. The number of rotatable bonds is 14. The molecule has 0 aliphatic carbocycles. The summed E-state index contributed by atoms with van der Waals surface area (Å²) in [5.41, 5.74) is 9.75. The molecule has 5 aromatic rings. The monoisotopic (exact) mass is 771 g/mol. The molecule has 300 valence electrons. The van der Waals surface area contributed by atoms with Gasteiger partial charge in [0.25, 0.3) is 11.8 Å². The number of pyridine rings is 1. The fourth-order valence-corrected chi connectivity index (χ4v) is 8.26. The molecule has 2 aliphatic rings. The van der Waals surface area contributed by atoms with Crippen molar-refractivity contribution >= 4 is 28.5 Å². The van der Waals surface area contributed by atoms with Crippen LogP contribution in [0.2, 0.25) is 0 Å². The number of hydrogen-bond acceptors (Lipinski definition) is 8. The summed E-state index contributed by atoms with van der Waals surface area (Å²) in [6.45, 7) is 11.1. The maximum Gasteiger partial charge on any atom is 0.251 e. The number of amides is 2. The van der Waals surface area contributed by atoms with E-state index in [1.807, 2.05) is 42.1 Å². The number of nitrogens with zero attached hydrogens (tertiary/aromatic N) is 4. The van der Waals surface area contributed by atoms with Gasteiger partial charge in [-0.15, -0.1) is 0 Å². The second-order valence-electron chi connectivity index (χ2n) is 15.6. The zero-order valence-corrected chi connectivity index (χ0v) is 34.1.